The van der Waals surface area contributed by atoms with Gasteiger partial charge in [0.1, 0.15) is 11.5 Å². The van der Waals surface area contributed by atoms with E-state index in [9.17, 15) is 9.90 Å². The Morgan fingerprint density at radius 1 is 1.15 bits per heavy atom. The number of hydrogen-bond acceptors (Lipinski definition) is 4. The lowest BCUT2D eigenvalue weighted by molar-refractivity contribution is -0.136. The number of para-hydroxylation sites is 1. The molecule has 26 heavy (non-hydrogen) atoms. The van der Waals surface area contributed by atoms with Gasteiger partial charge in [-0.15, -0.1) is 0 Å². The number of aliphatic carboxylic acids is 1. The lowest BCUT2D eigenvalue weighted by atomic mass is 10.0. The average molecular weight is 353 g/mol. The lowest BCUT2D eigenvalue weighted by Gasteiger charge is -2.14. The van der Waals surface area contributed by atoms with Gasteiger partial charge < -0.3 is 20.7 Å². The van der Waals surface area contributed by atoms with Crippen LogP contribution < -0.4 is 10.5 Å². The van der Waals surface area contributed by atoms with Gasteiger partial charge in [-0.3, -0.25) is 4.79 Å². The molecular weight excluding hydrogens is 330 g/mol. The molecule has 0 saturated heterocycles. The Morgan fingerprint density at radius 3 is 2.50 bits per heavy atom. The fourth-order valence-corrected chi connectivity index (χ4v) is 2.52. The molecule has 5 nitrogen and oxygen atoms in total. The topological polar surface area (TPSA) is 92.8 Å². The van der Waals surface area contributed by atoms with Crippen molar-refractivity contribution in [3.05, 3.63) is 77.3 Å². The van der Waals surface area contributed by atoms with Crippen molar-refractivity contribution in [1.29, 1.82) is 0 Å². The highest BCUT2D eigenvalue weighted by atomic mass is 16.5. The van der Waals surface area contributed by atoms with Crippen molar-refractivity contribution in [3.63, 3.8) is 0 Å². The van der Waals surface area contributed by atoms with Crippen molar-refractivity contribution in [3.8, 4) is 5.75 Å². The Morgan fingerprint density at radius 2 is 1.88 bits per heavy atom. The molecule has 2 rings (SSSR count). The van der Waals surface area contributed by atoms with E-state index in [4.69, 9.17) is 15.6 Å². The number of aliphatic hydroxyl groups excluding tert-OH is 1. The van der Waals surface area contributed by atoms with Crippen molar-refractivity contribution >= 4 is 17.2 Å². The summed E-state index contributed by atoms with van der Waals surface area (Å²) < 4.78 is 5.95. The molecule has 0 aliphatic carbocycles. The zero-order valence-electron chi connectivity index (χ0n) is 14.9. The molecule has 0 fully saturated rings. The first-order valence-electron chi connectivity index (χ1n) is 8.34. The first-order valence-corrected chi connectivity index (χ1v) is 8.34. The van der Waals surface area contributed by atoms with Crippen LogP contribution in [-0.4, -0.2) is 16.2 Å². The van der Waals surface area contributed by atoms with Crippen LogP contribution in [0.4, 0.5) is 5.69 Å². The molecule has 0 aliphatic heterocycles. The van der Waals surface area contributed by atoms with Gasteiger partial charge in [-0.2, -0.15) is 0 Å². The molecule has 2 aromatic rings. The number of carboxylic acids is 1. The second-order valence-corrected chi connectivity index (χ2v) is 5.87. The molecule has 5 heteroatoms. The van der Waals surface area contributed by atoms with E-state index in [1.807, 2.05) is 19.1 Å². The second kappa shape index (κ2) is 8.76. The summed E-state index contributed by atoms with van der Waals surface area (Å²) in [5.74, 6) is 0.317. The van der Waals surface area contributed by atoms with E-state index in [0.29, 0.717) is 34.8 Å². The number of nitrogen functional groups attached to an aromatic ring is 1. The summed E-state index contributed by atoms with van der Waals surface area (Å²) in [4.78, 5) is 11.0. The number of aliphatic hydroxyl groups is 1. The van der Waals surface area contributed by atoms with Gasteiger partial charge in [0, 0.05) is 23.2 Å². The average Bonchev–Trinajstić information content (AvgIpc) is 2.59. The van der Waals surface area contributed by atoms with E-state index >= 15 is 0 Å². The highest BCUT2D eigenvalue weighted by Crippen LogP contribution is 2.26. The van der Waals surface area contributed by atoms with Crippen LogP contribution in [0, 0.1) is 0 Å². The standard InChI is InChI=1S/C21H23NO4/c1-3-18(26-20-10-5-4-7-16(20)12-21(24)25)13-19(14(2)23)15-8-6-9-17(22)11-15/h4-11,13,23H,3,12,22H2,1-2H3,(H,24,25)/b18-13+,19-14-. The number of hydrogen-bond donors (Lipinski definition) is 3. The van der Waals surface area contributed by atoms with Crippen molar-refractivity contribution in [2.45, 2.75) is 26.7 Å². The van der Waals surface area contributed by atoms with Gasteiger partial charge in [-0.25, -0.2) is 0 Å². The molecule has 0 unspecified atom stereocenters. The van der Waals surface area contributed by atoms with Gasteiger partial charge in [-0.05, 0) is 36.8 Å². The molecule has 0 bridgehead atoms. The van der Waals surface area contributed by atoms with Crippen molar-refractivity contribution < 1.29 is 19.7 Å². The van der Waals surface area contributed by atoms with Crippen LogP contribution in [-0.2, 0) is 11.2 Å². The van der Waals surface area contributed by atoms with Gasteiger partial charge in [0.25, 0.3) is 0 Å². The Hall–Kier alpha value is -3.21. The molecule has 136 valence electrons. The molecule has 0 radical (unpaired) electrons. The van der Waals surface area contributed by atoms with Crippen LogP contribution in [0.3, 0.4) is 0 Å². The Kier molecular flexibility index (Phi) is 6.44. The molecule has 0 atom stereocenters. The van der Waals surface area contributed by atoms with Crippen molar-refractivity contribution in [1.82, 2.24) is 0 Å². The van der Waals surface area contributed by atoms with E-state index in [-0.39, 0.29) is 12.2 Å². The van der Waals surface area contributed by atoms with E-state index in [2.05, 4.69) is 0 Å². The Balaban J connectivity index is 2.38. The second-order valence-electron chi connectivity index (χ2n) is 5.87. The van der Waals surface area contributed by atoms with E-state index in [0.717, 1.165) is 5.56 Å². The number of carbonyl (C=O) groups is 1. The minimum Gasteiger partial charge on any atom is -0.512 e. The summed E-state index contributed by atoms with van der Waals surface area (Å²) in [7, 11) is 0. The summed E-state index contributed by atoms with van der Waals surface area (Å²) >= 11 is 0. The third-order valence-corrected chi connectivity index (χ3v) is 3.80. The summed E-state index contributed by atoms with van der Waals surface area (Å²) in [6.07, 6.45) is 2.20. The minimum absolute atomic E-state index is 0.121. The van der Waals surface area contributed by atoms with Gasteiger partial charge in [0.2, 0.25) is 0 Å². The smallest absolute Gasteiger partial charge is 0.307 e. The Labute approximate surface area is 153 Å². The molecule has 0 saturated carbocycles. The summed E-state index contributed by atoms with van der Waals surface area (Å²) in [5.41, 5.74) is 8.41. The predicted molar refractivity (Wildman–Crippen MR) is 103 cm³/mol. The van der Waals surface area contributed by atoms with Crippen LogP contribution in [0.25, 0.3) is 5.57 Å². The summed E-state index contributed by atoms with van der Waals surface area (Å²) in [5, 5.41) is 19.2. The lowest BCUT2D eigenvalue weighted by Crippen LogP contribution is -2.04. The fourth-order valence-electron chi connectivity index (χ4n) is 2.52. The number of nitrogens with two attached hydrogens (primary N) is 1. The summed E-state index contributed by atoms with van der Waals surface area (Å²) in [6, 6.07) is 14.2. The molecule has 0 aliphatic rings. The molecule has 0 amide bonds. The first kappa shape index (κ1) is 19.1. The van der Waals surface area contributed by atoms with Gasteiger partial charge in [0.05, 0.1) is 12.2 Å². The normalized spacial score (nSPS) is 12.5. The predicted octanol–water partition coefficient (Wildman–Crippen LogP) is 4.56. The maximum absolute atomic E-state index is 11.0. The largest absolute Gasteiger partial charge is 0.512 e. The maximum Gasteiger partial charge on any atom is 0.307 e. The number of carboxylic acid groups (broad SMARTS) is 1. The highest BCUT2D eigenvalue weighted by molar-refractivity contribution is 5.77. The fraction of sp³-hybridized carbons (Fsp3) is 0.190. The molecule has 0 heterocycles. The van der Waals surface area contributed by atoms with Crippen LogP contribution in [0.5, 0.6) is 5.75 Å². The quantitative estimate of drug-likeness (QED) is 0.385. The van der Waals surface area contributed by atoms with Gasteiger partial charge in [0.15, 0.2) is 0 Å². The monoisotopic (exact) mass is 353 g/mol. The molecule has 0 aromatic heterocycles. The third-order valence-electron chi connectivity index (χ3n) is 3.80. The van der Waals surface area contributed by atoms with Crippen molar-refractivity contribution in [2.75, 3.05) is 5.73 Å². The van der Waals surface area contributed by atoms with Crippen LogP contribution in [0.1, 0.15) is 31.4 Å². The molecule has 4 N–H and O–H groups in total. The SMILES string of the molecule is CC/C(=C\C(=C(/C)O)c1cccc(N)c1)Oc1ccccc1CC(=O)O. The van der Waals surface area contributed by atoms with Crippen molar-refractivity contribution in [2.24, 2.45) is 0 Å². The number of anilines is 1. The number of benzene rings is 2. The third kappa shape index (κ3) is 5.14. The zero-order valence-corrected chi connectivity index (χ0v) is 14.9. The maximum atomic E-state index is 11.0. The zero-order chi connectivity index (χ0) is 19.1. The van der Waals surface area contributed by atoms with Crippen LogP contribution >= 0.6 is 0 Å². The first-order chi connectivity index (χ1) is 12.4. The molecular formula is C21H23NO4. The van der Waals surface area contributed by atoms with Crippen LogP contribution in [0.15, 0.2) is 66.1 Å². The van der Waals surface area contributed by atoms with Gasteiger partial charge >= 0.3 is 5.97 Å². The Bertz CT molecular complexity index is 849. The molecule has 0 spiro atoms. The number of ether oxygens (including phenoxy) is 1. The van der Waals surface area contributed by atoms with E-state index in [1.165, 1.54) is 0 Å². The number of rotatable bonds is 7. The number of allylic oxidation sites excluding steroid dienone is 4. The minimum atomic E-state index is -0.922. The summed E-state index contributed by atoms with van der Waals surface area (Å²) in [6.45, 7) is 3.52. The highest BCUT2D eigenvalue weighted by Gasteiger charge is 2.11. The van der Waals surface area contributed by atoms with E-state index < -0.39 is 5.97 Å². The van der Waals surface area contributed by atoms with E-state index in [1.54, 1.807) is 49.4 Å². The van der Waals surface area contributed by atoms with Crippen LogP contribution in [0.2, 0.25) is 0 Å². The molecule has 2 aromatic carbocycles. The van der Waals surface area contributed by atoms with Gasteiger partial charge in [-0.1, -0.05) is 37.3 Å².